The maximum atomic E-state index is 13.6. The summed E-state index contributed by atoms with van der Waals surface area (Å²) in [6.45, 7) is 1.64. The minimum atomic E-state index is -1.53. The van der Waals surface area contributed by atoms with Gasteiger partial charge in [-0.2, -0.15) is 4.68 Å². The number of carboxylic acid groups (broad SMARTS) is 1. The zero-order valence-corrected chi connectivity index (χ0v) is 17.5. The first-order valence-electron chi connectivity index (χ1n) is 9.84. The number of carboxylic acids is 1. The van der Waals surface area contributed by atoms with Crippen LogP contribution >= 0.6 is 0 Å². The molecule has 0 radical (unpaired) electrons. The fourth-order valence-electron chi connectivity index (χ4n) is 3.15. The molecule has 0 aliphatic heterocycles. The number of aromatic nitrogens is 4. The van der Waals surface area contributed by atoms with E-state index in [9.17, 15) is 28.6 Å². The Kier molecular flexibility index (Phi) is 7.52. The van der Waals surface area contributed by atoms with Crippen molar-refractivity contribution in [3.05, 3.63) is 89.3 Å². The molecule has 0 saturated carbocycles. The highest BCUT2D eigenvalue weighted by Crippen LogP contribution is 2.31. The number of aliphatic hydroxyl groups excluding tert-OH is 1. The number of tetrazole rings is 1. The molecule has 0 aliphatic carbocycles. The van der Waals surface area contributed by atoms with Crippen LogP contribution in [0, 0.1) is 18.6 Å². The molecule has 8 nitrogen and oxygen atoms in total. The van der Waals surface area contributed by atoms with Crippen LogP contribution in [-0.2, 0) is 9.59 Å². The number of carbonyl (C=O) groups excluding carboxylic acids is 2. The van der Waals surface area contributed by atoms with Crippen molar-refractivity contribution in [3.8, 4) is 0 Å². The fourth-order valence-corrected chi connectivity index (χ4v) is 3.15. The van der Waals surface area contributed by atoms with E-state index in [0.29, 0.717) is 28.2 Å². The maximum absolute atomic E-state index is 13.6. The SMILES string of the molecule is Cc1nnnn1C(C=CC(O)CC(=O)CC(=O)[O-])=C(c1ccc(F)cc1)c1ccc(F)cc1. The molecule has 2 aromatic carbocycles. The highest BCUT2D eigenvalue weighted by Gasteiger charge is 2.17. The van der Waals surface area contributed by atoms with Crippen LogP contribution in [0.5, 0.6) is 0 Å². The molecule has 0 aliphatic rings. The normalized spacial score (nSPS) is 12.0. The molecule has 1 atom stereocenters. The number of nitrogens with zero attached hydrogens (tertiary/aromatic N) is 4. The molecular formula is C23H19F2N4O4-. The maximum Gasteiger partial charge on any atom is 0.153 e. The summed E-state index contributed by atoms with van der Waals surface area (Å²) < 4.78 is 28.5. The first-order valence-corrected chi connectivity index (χ1v) is 9.84. The van der Waals surface area contributed by atoms with Gasteiger partial charge in [0.25, 0.3) is 0 Å². The van der Waals surface area contributed by atoms with E-state index in [1.807, 2.05) is 0 Å². The monoisotopic (exact) mass is 453 g/mol. The van der Waals surface area contributed by atoms with Gasteiger partial charge in [0.1, 0.15) is 17.4 Å². The highest BCUT2D eigenvalue weighted by atomic mass is 19.1. The number of benzene rings is 2. The Morgan fingerprint density at radius 2 is 1.61 bits per heavy atom. The number of ketones is 1. The summed E-state index contributed by atoms with van der Waals surface area (Å²) in [7, 11) is 0. The Bertz CT molecular complexity index is 1150. The van der Waals surface area contributed by atoms with Crippen molar-refractivity contribution in [2.45, 2.75) is 25.9 Å². The molecule has 0 saturated heterocycles. The number of Topliss-reactive ketones (excluding diaryl/α,β-unsaturated/α-hetero) is 1. The summed E-state index contributed by atoms with van der Waals surface area (Å²) in [6.07, 6.45) is 0.204. The Morgan fingerprint density at radius 3 is 2.06 bits per heavy atom. The van der Waals surface area contributed by atoms with Gasteiger partial charge >= 0.3 is 0 Å². The molecule has 0 amide bonds. The topological polar surface area (TPSA) is 121 Å². The molecule has 33 heavy (non-hydrogen) atoms. The lowest BCUT2D eigenvalue weighted by atomic mass is 9.95. The van der Waals surface area contributed by atoms with Gasteiger partial charge in [-0.1, -0.05) is 30.3 Å². The van der Waals surface area contributed by atoms with Crippen molar-refractivity contribution in [2.75, 3.05) is 0 Å². The summed E-state index contributed by atoms with van der Waals surface area (Å²) in [5, 5.41) is 32.3. The number of aryl methyl sites for hydroxylation is 1. The van der Waals surface area contributed by atoms with Crippen LogP contribution < -0.4 is 5.11 Å². The number of hydrogen-bond donors (Lipinski definition) is 1. The highest BCUT2D eigenvalue weighted by molar-refractivity contribution is 5.96. The van der Waals surface area contributed by atoms with E-state index in [2.05, 4.69) is 15.5 Å². The molecule has 0 bridgehead atoms. The molecule has 1 N–H and O–H groups in total. The second-order valence-corrected chi connectivity index (χ2v) is 7.13. The van der Waals surface area contributed by atoms with E-state index < -0.39 is 42.3 Å². The van der Waals surface area contributed by atoms with E-state index in [4.69, 9.17) is 0 Å². The molecule has 0 spiro atoms. The average molecular weight is 453 g/mol. The van der Waals surface area contributed by atoms with E-state index in [1.54, 1.807) is 6.92 Å². The molecule has 3 rings (SSSR count). The smallest absolute Gasteiger partial charge is 0.153 e. The largest absolute Gasteiger partial charge is 0.550 e. The molecule has 170 valence electrons. The van der Waals surface area contributed by atoms with Crippen molar-refractivity contribution in [2.24, 2.45) is 0 Å². The van der Waals surface area contributed by atoms with E-state index in [1.165, 1.54) is 65.4 Å². The molecule has 3 aromatic rings. The lowest BCUT2D eigenvalue weighted by molar-refractivity contribution is -0.304. The summed E-state index contributed by atoms with van der Waals surface area (Å²) in [5.41, 5.74) is 1.96. The minimum Gasteiger partial charge on any atom is -0.550 e. The number of carbonyl (C=O) groups is 2. The molecule has 10 heteroatoms. The Labute approximate surface area is 187 Å². The second-order valence-electron chi connectivity index (χ2n) is 7.13. The average Bonchev–Trinajstić information content (AvgIpc) is 3.18. The molecule has 1 heterocycles. The van der Waals surface area contributed by atoms with Crippen LogP contribution in [-0.4, -0.2) is 43.2 Å². The predicted octanol–water partition coefficient (Wildman–Crippen LogP) is 1.69. The van der Waals surface area contributed by atoms with Crippen molar-refractivity contribution >= 4 is 23.0 Å². The Hall–Kier alpha value is -4.05. The quantitative estimate of drug-likeness (QED) is 0.387. The van der Waals surface area contributed by atoms with Crippen molar-refractivity contribution < 1.29 is 28.6 Å². The Morgan fingerprint density at radius 1 is 1.06 bits per heavy atom. The van der Waals surface area contributed by atoms with Crippen LogP contribution in [0.25, 0.3) is 11.3 Å². The summed E-state index contributed by atoms with van der Waals surface area (Å²) >= 11 is 0. The van der Waals surface area contributed by atoms with Crippen LogP contribution in [0.3, 0.4) is 0 Å². The predicted molar refractivity (Wildman–Crippen MR) is 112 cm³/mol. The zero-order valence-electron chi connectivity index (χ0n) is 17.5. The second kappa shape index (κ2) is 10.5. The number of aliphatic carboxylic acids is 1. The first-order chi connectivity index (χ1) is 15.7. The fraction of sp³-hybridized carbons (Fsp3) is 0.174. The van der Waals surface area contributed by atoms with Crippen molar-refractivity contribution in [1.29, 1.82) is 0 Å². The Balaban J connectivity index is 2.14. The third-order valence-electron chi connectivity index (χ3n) is 4.63. The van der Waals surface area contributed by atoms with E-state index in [0.717, 1.165) is 0 Å². The van der Waals surface area contributed by atoms with Gasteiger partial charge in [0.2, 0.25) is 0 Å². The zero-order chi connectivity index (χ0) is 24.0. The number of allylic oxidation sites excluding steroid dienone is 2. The molecule has 1 unspecified atom stereocenters. The van der Waals surface area contributed by atoms with E-state index in [-0.39, 0.29) is 0 Å². The summed E-state index contributed by atoms with van der Waals surface area (Å²) in [4.78, 5) is 22.3. The van der Waals surface area contributed by atoms with Gasteiger partial charge in [-0.15, -0.1) is 5.10 Å². The number of rotatable bonds is 9. The first kappa shape index (κ1) is 23.6. The van der Waals surface area contributed by atoms with Crippen molar-refractivity contribution in [3.63, 3.8) is 0 Å². The van der Waals surface area contributed by atoms with Crippen molar-refractivity contribution in [1.82, 2.24) is 20.2 Å². The number of aliphatic hydroxyl groups is 1. The van der Waals surface area contributed by atoms with Crippen LogP contribution in [0.2, 0.25) is 0 Å². The van der Waals surface area contributed by atoms with Gasteiger partial charge < -0.3 is 15.0 Å². The van der Waals surface area contributed by atoms with Crippen LogP contribution in [0.1, 0.15) is 29.8 Å². The summed E-state index contributed by atoms with van der Waals surface area (Å²) in [5.74, 6) is -2.74. The molecular weight excluding hydrogens is 434 g/mol. The number of hydrogen-bond acceptors (Lipinski definition) is 7. The van der Waals surface area contributed by atoms with Gasteiger partial charge in [-0.05, 0) is 58.8 Å². The van der Waals surface area contributed by atoms with Crippen LogP contribution in [0.15, 0.2) is 60.7 Å². The lowest BCUT2D eigenvalue weighted by Gasteiger charge is -2.15. The minimum absolute atomic E-state index is 0.349. The van der Waals surface area contributed by atoms with Gasteiger partial charge in [-0.3, -0.25) is 4.79 Å². The summed E-state index contributed by atoms with van der Waals surface area (Å²) in [6, 6.07) is 11.2. The molecule has 1 aromatic heterocycles. The van der Waals surface area contributed by atoms with Gasteiger partial charge in [0.05, 0.1) is 11.8 Å². The number of halogens is 2. The van der Waals surface area contributed by atoms with Gasteiger partial charge in [0, 0.05) is 24.4 Å². The lowest BCUT2D eigenvalue weighted by Crippen LogP contribution is -2.26. The van der Waals surface area contributed by atoms with E-state index >= 15 is 0 Å². The third-order valence-corrected chi connectivity index (χ3v) is 4.63. The standard InChI is InChI=1S/C23H20F2N4O4/c1-14-26-27-28-29(14)21(11-10-19(30)12-20(31)13-22(32)33)23(15-2-6-17(24)7-3-15)16-4-8-18(25)9-5-16/h2-11,19,30H,12-13H2,1H3,(H,32,33)/p-1. The third kappa shape index (κ3) is 6.23. The van der Waals surface area contributed by atoms with Gasteiger partial charge in [0.15, 0.2) is 5.82 Å². The van der Waals surface area contributed by atoms with Crippen LogP contribution in [0.4, 0.5) is 8.78 Å². The van der Waals surface area contributed by atoms with Gasteiger partial charge in [-0.25, -0.2) is 8.78 Å². The molecule has 0 fully saturated rings.